The molecule has 0 aliphatic rings. The van der Waals surface area contributed by atoms with Crippen molar-refractivity contribution in [3.05, 3.63) is 35.4 Å². The number of primary amides is 1. The number of benzene rings is 1. The zero-order chi connectivity index (χ0) is 14.3. The van der Waals surface area contributed by atoms with Crippen LogP contribution < -0.4 is 5.73 Å². The van der Waals surface area contributed by atoms with Gasteiger partial charge in [-0.05, 0) is 29.5 Å². The lowest BCUT2D eigenvalue weighted by Gasteiger charge is -2.25. The molecule has 0 aliphatic heterocycles. The lowest BCUT2D eigenvalue weighted by atomic mass is 9.79. The van der Waals surface area contributed by atoms with Crippen molar-refractivity contribution in [3.8, 4) is 0 Å². The van der Waals surface area contributed by atoms with E-state index < -0.39 is 0 Å². The third kappa shape index (κ3) is 5.06. The van der Waals surface area contributed by atoms with Gasteiger partial charge in [-0.1, -0.05) is 65.0 Å². The van der Waals surface area contributed by atoms with Crippen molar-refractivity contribution in [2.45, 2.75) is 64.7 Å². The van der Waals surface area contributed by atoms with E-state index in [0.29, 0.717) is 5.56 Å². The van der Waals surface area contributed by atoms with Crippen LogP contribution in [-0.4, -0.2) is 5.91 Å². The van der Waals surface area contributed by atoms with Crippen molar-refractivity contribution in [2.75, 3.05) is 0 Å². The van der Waals surface area contributed by atoms with Crippen LogP contribution in [0.25, 0.3) is 0 Å². The molecule has 0 bridgehead atoms. The van der Waals surface area contributed by atoms with Crippen LogP contribution in [0.5, 0.6) is 0 Å². The average Bonchev–Trinajstić information content (AvgIpc) is 2.38. The molecule has 0 heterocycles. The monoisotopic (exact) mass is 261 g/mol. The average molecular weight is 261 g/mol. The topological polar surface area (TPSA) is 43.1 Å². The molecule has 1 aromatic rings. The normalized spacial score (nSPS) is 11.5. The second-order valence-electron chi connectivity index (χ2n) is 5.99. The number of amides is 1. The van der Waals surface area contributed by atoms with Gasteiger partial charge in [-0.2, -0.15) is 0 Å². The highest BCUT2D eigenvalue weighted by Crippen LogP contribution is 2.29. The van der Waals surface area contributed by atoms with Gasteiger partial charge in [0.05, 0.1) is 0 Å². The van der Waals surface area contributed by atoms with Crippen LogP contribution >= 0.6 is 0 Å². The highest BCUT2D eigenvalue weighted by molar-refractivity contribution is 5.92. The van der Waals surface area contributed by atoms with Crippen molar-refractivity contribution in [2.24, 2.45) is 5.73 Å². The Bertz CT molecular complexity index is 392. The lowest BCUT2D eigenvalue weighted by Crippen LogP contribution is -2.18. The molecule has 19 heavy (non-hydrogen) atoms. The van der Waals surface area contributed by atoms with Gasteiger partial charge >= 0.3 is 0 Å². The summed E-state index contributed by atoms with van der Waals surface area (Å²) in [7, 11) is 0. The lowest BCUT2D eigenvalue weighted by molar-refractivity contribution is 0.1000. The number of unbranched alkanes of at least 4 members (excludes halogenated alkanes) is 4. The Morgan fingerprint density at radius 1 is 1.05 bits per heavy atom. The van der Waals surface area contributed by atoms with Gasteiger partial charge in [-0.3, -0.25) is 4.79 Å². The molecule has 0 saturated carbocycles. The summed E-state index contributed by atoms with van der Waals surface area (Å²) in [5.41, 5.74) is 7.30. The first-order valence-electron chi connectivity index (χ1n) is 7.37. The molecule has 106 valence electrons. The van der Waals surface area contributed by atoms with Crippen LogP contribution in [0, 0.1) is 0 Å². The van der Waals surface area contributed by atoms with Crippen molar-refractivity contribution < 1.29 is 4.79 Å². The van der Waals surface area contributed by atoms with E-state index in [-0.39, 0.29) is 11.3 Å². The van der Waals surface area contributed by atoms with Gasteiger partial charge in [-0.15, -0.1) is 0 Å². The Labute approximate surface area is 117 Å². The summed E-state index contributed by atoms with van der Waals surface area (Å²) in [6.45, 7) is 6.78. The summed E-state index contributed by atoms with van der Waals surface area (Å²) in [6.07, 6.45) is 7.74. The quantitative estimate of drug-likeness (QED) is 0.691. The second-order valence-corrected chi connectivity index (χ2v) is 5.99. The van der Waals surface area contributed by atoms with E-state index in [9.17, 15) is 4.79 Å². The minimum absolute atomic E-state index is 0.169. The van der Waals surface area contributed by atoms with E-state index in [1.807, 2.05) is 24.3 Å². The van der Waals surface area contributed by atoms with Gasteiger partial charge in [0, 0.05) is 5.56 Å². The Morgan fingerprint density at radius 2 is 1.63 bits per heavy atom. The minimum atomic E-state index is -0.357. The molecule has 2 nitrogen and oxygen atoms in total. The summed E-state index contributed by atoms with van der Waals surface area (Å²) in [6, 6.07) is 7.73. The molecule has 2 heteroatoms. The Kier molecular flexibility index (Phi) is 6.07. The molecule has 0 fully saturated rings. The van der Waals surface area contributed by atoms with Crippen LogP contribution in [0.2, 0.25) is 0 Å². The predicted molar refractivity (Wildman–Crippen MR) is 81.4 cm³/mol. The SMILES string of the molecule is CCCCCCCC(C)(C)c1ccc(C(N)=O)cc1. The number of carbonyl (C=O) groups excluding carboxylic acids is 1. The molecule has 0 aliphatic carbocycles. The Hall–Kier alpha value is -1.31. The van der Waals surface area contributed by atoms with Crippen molar-refractivity contribution in [1.29, 1.82) is 0 Å². The van der Waals surface area contributed by atoms with Gasteiger partial charge in [-0.25, -0.2) is 0 Å². The van der Waals surface area contributed by atoms with Gasteiger partial charge in [0.15, 0.2) is 0 Å². The molecular formula is C17H27NO. The predicted octanol–water partition coefficient (Wildman–Crippen LogP) is 4.42. The van der Waals surface area contributed by atoms with Crippen molar-refractivity contribution in [1.82, 2.24) is 0 Å². The highest BCUT2D eigenvalue weighted by Gasteiger charge is 2.19. The van der Waals surface area contributed by atoms with Crippen LogP contribution in [0.1, 0.15) is 75.2 Å². The van der Waals surface area contributed by atoms with Gasteiger partial charge in [0.1, 0.15) is 0 Å². The second kappa shape index (κ2) is 7.32. The first-order valence-corrected chi connectivity index (χ1v) is 7.37. The fourth-order valence-corrected chi connectivity index (χ4v) is 2.40. The zero-order valence-electron chi connectivity index (χ0n) is 12.5. The summed E-state index contributed by atoms with van der Waals surface area (Å²) < 4.78 is 0. The highest BCUT2D eigenvalue weighted by atomic mass is 16.1. The van der Waals surface area contributed by atoms with Crippen LogP contribution in [0.4, 0.5) is 0 Å². The third-order valence-corrected chi connectivity index (χ3v) is 3.86. The van der Waals surface area contributed by atoms with Crippen molar-refractivity contribution >= 4 is 5.91 Å². The number of rotatable bonds is 8. The molecular weight excluding hydrogens is 234 g/mol. The first-order chi connectivity index (χ1) is 8.97. The standard InChI is InChI=1S/C17H27NO/c1-4-5-6-7-8-13-17(2,3)15-11-9-14(10-12-15)16(18)19/h9-12H,4-8,13H2,1-3H3,(H2,18,19). The number of carbonyl (C=O) groups is 1. The van der Waals surface area contributed by atoms with E-state index >= 15 is 0 Å². The number of hydrogen-bond acceptors (Lipinski definition) is 1. The summed E-state index contributed by atoms with van der Waals surface area (Å²) >= 11 is 0. The molecule has 0 aromatic heterocycles. The maximum atomic E-state index is 11.1. The Balaban J connectivity index is 2.53. The molecule has 0 atom stereocenters. The zero-order valence-corrected chi connectivity index (χ0v) is 12.5. The maximum Gasteiger partial charge on any atom is 0.248 e. The fraction of sp³-hybridized carbons (Fsp3) is 0.588. The summed E-state index contributed by atoms with van der Waals surface area (Å²) in [5.74, 6) is -0.357. The van der Waals surface area contributed by atoms with E-state index in [1.54, 1.807) is 0 Å². The summed E-state index contributed by atoms with van der Waals surface area (Å²) in [4.78, 5) is 11.1. The molecule has 0 spiro atoms. The number of hydrogen-bond donors (Lipinski definition) is 1. The fourth-order valence-electron chi connectivity index (χ4n) is 2.40. The molecule has 1 rings (SSSR count). The van der Waals surface area contributed by atoms with Crippen LogP contribution in [-0.2, 0) is 5.41 Å². The van der Waals surface area contributed by atoms with E-state index in [2.05, 4.69) is 20.8 Å². The smallest absolute Gasteiger partial charge is 0.248 e. The molecule has 0 radical (unpaired) electrons. The minimum Gasteiger partial charge on any atom is -0.366 e. The molecule has 0 saturated heterocycles. The van der Waals surface area contributed by atoms with E-state index in [1.165, 1.54) is 44.1 Å². The first kappa shape index (κ1) is 15.7. The molecule has 2 N–H and O–H groups in total. The van der Waals surface area contributed by atoms with Gasteiger partial charge in [0.2, 0.25) is 5.91 Å². The third-order valence-electron chi connectivity index (χ3n) is 3.86. The molecule has 0 unspecified atom stereocenters. The number of nitrogens with two attached hydrogens (primary N) is 1. The largest absolute Gasteiger partial charge is 0.366 e. The Morgan fingerprint density at radius 3 is 2.16 bits per heavy atom. The maximum absolute atomic E-state index is 11.1. The van der Waals surface area contributed by atoms with E-state index in [0.717, 1.165) is 0 Å². The van der Waals surface area contributed by atoms with E-state index in [4.69, 9.17) is 5.73 Å². The van der Waals surface area contributed by atoms with Gasteiger partial charge < -0.3 is 5.73 Å². The molecule has 1 amide bonds. The summed E-state index contributed by atoms with van der Waals surface area (Å²) in [5, 5.41) is 0. The van der Waals surface area contributed by atoms with Gasteiger partial charge in [0.25, 0.3) is 0 Å². The van der Waals surface area contributed by atoms with Crippen LogP contribution in [0.15, 0.2) is 24.3 Å². The van der Waals surface area contributed by atoms with Crippen molar-refractivity contribution in [3.63, 3.8) is 0 Å². The van der Waals surface area contributed by atoms with Crippen LogP contribution in [0.3, 0.4) is 0 Å². The molecule has 1 aromatic carbocycles.